The number of aromatic nitrogens is 2. The molecular formula is C14H18N4O3. The van der Waals surface area contributed by atoms with Crippen molar-refractivity contribution in [3.05, 3.63) is 35.2 Å². The zero-order chi connectivity index (χ0) is 15.4. The molecule has 2 aromatic rings. The number of nitrogens with two attached hydrogens (primary N) is 1. The van der Waals surface area contributed by atoms with Gasteiger partial charge >= 0.3 is 0 Å². The second-order valence-corrected chi connectivity index (χ2v) is 4.48. The van der Waals surface area contributed by atoms with Crippen LogP contribution in [0.3, 0.4) is 0 Å². The molecule has 1 aromatic heterocycles. The third-order valence-electron chi connectivity index (χ3n) is 3.11. The van der Waals surface area contributed by atoms with Gasteiger partial charge < -0.3 is 20.5 Å². The Bertz CT molecular complexity index is 652. The second-order valence-electron chi connectivity index (χ2n) is 4.48. The number of carbonyl (C=O) groups excluding carboxylic acids is 1. The molecule has 0 bridgehead atoms. The zero-order valence-corrected chi connectivity index (χ0v) is 12.2. The van der Waals surface area contributed by atoms with Crippen LogP contribution in [0.2, 0.25) is 0 Å². The molecule has 0 fully saturated rings. The predicted octanol–water partition coefficient (Wildman–Crippen LogP) is 1.25. The molecule has 0 spiro atoms. The smallest absolute Gasteiger partial charge is 0.274 e. The van der Waals surface area contributed by atoms with Crippen molar-refractivity contribution in [2.75, 3.05) is 20.0 Å². The molecule has 0 atom stereocenters. The quantitative estimate of drug-likeness (QED) is 0.769. The number of nitrogens with one attached hydrogen (secondary N) is 2. The van der Waals surface area contributed by atoms with Crippen molar-refractivity contribution < 1.29 is 14.3 Å². The Hall–Kier alpha value is -2.70. The minimum absolute atomic E-state index is 0.202. The number of ether oxygens (including phenoxy) is 2. The highest BCUT2D eigenvalue weighted by atomic mass is 16.5. The monoisotopic (exact) mass is 290 g/mol. The average molecular weight is 290 g/mol. The van der Waals surface area contributed by atoms with Crippen LogP contribution in [-0.4, -0.2) is 30.3 Å². The summed E-state index contributed by atoms with van der Waals surface area (Å²) in [5, 5.41) is 9.32. The Kier molecular flexibility index (Phi) is 4.32. The number of carbonyl (C=O) groups is 1. The van der Waals surface area contributed by atoms with Gasteiger partial charge in [0.1, 0.15) is 0 Å². The van der Waals surface area contributed by atoms with E-state index in [0.717, 1.165) is 5.56 Å². The summed E-state index contributed by atoms with van der Waals surface area (Å²) in [6, 6.07) is 5.44. The molecule has 0 aliphatic heterocycles. The van der Waals surface area contributed by atoms with E-state index in [-0.39, 0.29) is 11.6 Å². The van der Waals surface area contributed by atoms with Crippen molar-refractivity contribution in [3.63, 3.8) is 0 Å². The van der Waals surface area contributed by atoms with Gasteiger partial charge in [-0.1, -0.05) is 6.07 Å². The van der Waals surface area contributed by atoms with Crippen molar-refractivity contribution in [2.24, 2.45) is 0 Å². The van der Waals surface area contributed by atoms with Crippen molar-refractivity contribution in [2.45, 2.75) is 13.5 Å². The lowest BCUT2D eigenvalue weighted by molar-refractivity contribution is 0.0946. The fourth-order valence-electron chi connectivity index (χ4n) is 1.87. The number of H-pyrrole nitrogens is 1. The third kappa shape index (κ3) is 3.07. The van der Waals surface area contributed by atoms with Crippen LogP contribution >= 0.6 is 0 Å². The number of benzene rings is 1. The standard InChI is InChI=1S/C14H18N4O3/c1-8-12(15)13(18-17-8)14(19)16-7-9-4-5-10(20-2)11(6-9)21-3/h4-6H,7,15H2,1-3H3,(H,16,19)(H,17,18). The van der Waals surface area contributed by atoms with E-state index in [4.69, 9.17) is 15.2 Å². The molecule has 0 unspecified atom stereocenters. The van der Waals surface area contributed by atoms with Crippen LogP contribution < -0.4 is 20.5 Å². The molecule has 7 nitrogen and oxygen atoms in total. The lowest BCUT2D eigenvalue weighted by atomic mass is 10.2. The van der Waals surface area contributed by atoms with Gasteiger partial charge in [-0.3, -0.25) is 9.89 Å². The van der Waals surface area contributed by atoms with Crippen molar-refractivity contribution in [1.29, 1.82) is 0 Å². The van der Waals surface area contributed by atoms with E-state index in [0.29, 0.717) is 29.4 Å². The summed E-state index contributed by atoms with van der Waals surface area (Å²) in [5.41, 5.74) is 7.88. The molecular weight excluding hydrogens is 272 g/mol. The lowest BCUT2D eigenvalue weighted by Gasteiger charge is -2.10. The molecule has 0 aliphatic carbocycles. The first kappa shape index (κ1) is 14.7. The van der Waals surface area contributed by atoms with Crippen LogP contribution in [0, 0.1) is 6.92 Å². The maximum absolute atomic E-state index is 12.0. The summed E-state index contributed by atoms with van der Waals surface area (Å²) in [5.74, 6) is 0.922. The van der Waals surface area contributed by atoms with E-state index in [2.05, 4.69) is 15.5 Å². The molecule has 0 saturated heterocycles. The predicted molar refractivity (Wildman–Crippen MR) is 78.5 cm³/mol. The first-order valence-corrected chi connectivity index (χ1v) is 6.36. The zero-order valence-electron chi connectivity index (χ0n) is 12.2. The number of aromatic amines is 1. The Labute approximate surface area is 122 Å². The van der Waals surface area contributed by atoms with Gasteiger partial charge in [-0.25, -0.2) is 0 Å². The summed E-state index contributed by atoms with van der Waals surface area (Å²) < 4.78 is 10.4. The van der Waals surface area contributed by atoms with Crippen molar-refractivity contribution in [3.8, 4) is 11.5 Å². The van der Waals surface area contributed by atoms with Gasteiger partial charge in [0.25, 0.3) is 5.91 Å². The Balaban J connectivity index is 2.06. The van der Waals surface area contributed by atoms with E-state index in [1.54, 1.807) is 33.3 Å². The minimum Gasteiger partial charge on any atom is -0.493 e. The van der Waals surface area contributed by atoms with Crippen LogP contribution in [0.15, 0.2) is 18.2 Å². The highest BCUT2D eigenvalue weighted by Crippen LogP contribution is 2.27. The SMILES string of the molecule is COc1ccc(CNC(=O)c2n[nH]c(C)c2N)cc1OC. The van der Waals surface area contributed by atoms with Crippen LogP contribution in [-0.2, 0) is 6.54 Å². The van der Waals surface area contributed by atoms with Gasteiger partial charge in [-0.05, 0) is 24.6 Å². The Morgan fingerprint density at radius 3 is 2.62 bits per heavy atom. The Morgan fingerprint density at radius 1 is 1.33 bits per heavy atom. The molecule has 2 rings (SSSR count). The summed E-state index contributed by atoms with van der Waals surface area (Å²) in [6.07, 6.45) is 0. The van der Waals surface area contributed by atoms with Gasteiger partial charge in [-0.15, -0.1) is 0 Å². The third-order valence-corrected chi connectivity index (χ3v) is 3.11. The van der Waals surface area contributed by atoms with Crippen LogP contribution in [0.5, 0.6) is 11.5 Å². The number of hydrogen-bond donors (Lipinski definition) is 3. The first-order chi connectivity index (χ1) is 10.1. The van der Waals surface area contributed by atoms with Crippen molar-refractivity contribution in [1.82, 2.24) is 15.5 Å². The second kappa shape index (κ2) is 6.17. The lowest BCUT2D eigenvalue weighted by Crippen LogP contribution is -2.24. The number of nitrogen functional groups attached to an aromatic ring is 1. The van der Waals surface area contributed by atoms with Gasteiger partial charge in [0.05, 0.1) is 25.6 Å². The molecule has 1 amide bonds. The largest absolute Gasteiger partial charge is 0.493 e. The van der Waals surface area contributed by atoms with E-state index >= 15 is 0 Å². The van der Waals surface area contributed by atoms with Gasteiger partial charge in [0, 0.05) is 6.54 Å². The van der Waals surface area contributed by atoms with E-state index in [1.807, 2.05) is 6.07 Å². The number of rotatable bonds is 5. The molecule has 0 radical (unpaired) electrons. The summed E-state index contributed by atoms with van der Waals surface area (Å²) in [6.45, 7) is 2.10. The molecule has 0 aliphatic rings. The summed E-state index contributed by atoms with van der Waals surface area (Å²) >= 11 is 0. The topological polar surface area (TPSA) is 102 Å². The number of hydrogen-bond acceptors (Lipinski definition) is 5. The first-order valence-electron chi connectivity index (χ1n) is 6.36. The highest BCUT2D eigenvalue weighted by Gasteiger charge is 2.15. The van der Waals surface area contributed by atoms with Crippen LogP contribution in [0.4, 0.5) is 5.69 Å². The van der Waals surface area contributed by atoms with Gasteiger partial charge in [-0.2, -0.15) is 5.10 Å². The minimum atomic E-state index is -0.327. The van der Waals surface area contributed by atoms with E-state index < -0.39 is 0 Å². The highest BCUT2D eigenvalue weighted by molar-refractivity contribution is 5.97. The normalized spacial score (nSPS) is 10.2. The van der Waals surface area contributed by atoms with E-state index in [9.17, 15) is 4.79 Å². The molecule has 4 N–H and O–H groups in total. The fraction of sp³-hybridized carbons (Fsp3) is 0.286. The summed E-state index contributed by atoms with van der Waals surface area (Å²) in [4.78, 5) is 12.0. The number of aryl methyl sites for hydroxylation is 1. The number of amides is 1. The summed E-state index contributed by atoms with van der Waals surface area (Å²) in [7, 11) is 3.13. The number of methoxy groups -OCH3 is 2. The molecule has 7 heteroatoms. The maximum atomic E-state index is 12.0. The van der Waals surface area contributed by atoms with Crippen molar-refractivity contribution >= 4 is 11.6 Å². The number of anilines is 1. The van der Waals surface area contributed by atoms with E-state index in [1.165, 1.54) is 0 Å². The fourth-order valence-corrected chi connectivity index (χ4v) is 1.87. The Morgan fingerprint density at radius 2 is 2.05 bits per heavy atom. The average Bonchev–Trinajstić information content (AvgIpc) is 2.84. The maximum Gasteiger partial charge on any atom is 0.274 e. The van der Waals surface area contributed by atoms with Gasteiger partial charge in [0.2, 0.25) is 0 Å². The molecule has 1 aromatic carbocycles. The molecule has 0 saturated carbocycles. The van der Waals surface area contributed by atoms with Gasteiger partial charge in [0.15, 0.2) is 17.2 Å². The van der Waals surface area contributed by atoms with Crippen LogP contribution in [0.25, 0.3) is 0 Å². The molecule has 21 heavy (non-hydrogen) atoms. The molecule has 112 valence electrons. The number of nitrogens with zero attached hydrogens (tertiary/aromatic N) is 1. The van der Waals surface area contributed by atoms with Crippen LogP contribution in [0.1, 0.15) is 21.7 Å². The molecule has 1 heterocycles.